The van der Waals surface area contributed by atoms with Crippen molar-refractivity contribution < 1.29 is 14.7 Å². The van der Waals surface area contributed by atoms with E-state index in [0.29, 0.717) is 24.6 Å². The zero-order valence-corrected chi connectivity index (χ0v) is 12.6. The minimum atomic E-state index is -1.05. The normalized spacial score (nSPS) is 25.7. The van der Waals surface area contributed by atoms with Gasteiger partial charge in [-0.3, -0.25) is 0 Å². The van der Waals surface area contributed by atoms with Crippen molar-refractivity contribution in [2.75, 3.05) is 12.3 Å². The van der Waals surface area contributed by atoms with E-state index in [0.717, 1.165) is 31.4 Å². The van der Waals surface area contributed by atoms with Crippen LogP contribution in [0.25, 0.3) is 0 Å². The Morgan fingerprint density at radius 3 is 2.50 bits per heavy atom. The number of carboxylic acid groups (broad SMARTS) is 1. The van der Waals surface area contributed by atoms with Gasteiger partial charge in [-0.05, 0) is 31.4 Å². The summed E-state index contributed by atoms with van der Waals surface area (Å²) in [7, 11) is 0. The summed E-state index contributed by atoms with van der Waals surface area (Å²) in [6.45, 7) is 0.631. The molecule has 2 aliphatic rings. The molecule has 0 aromatic heterocycles. The standard InChI is InChI=1S/C14H24N2O3S/c17-12(18)14(7-3-1-4-8-14)16-13(19)15-10-11-6-2-5-9-20-11/h11H,1-10H2,(H,17,18)(H2,15,16,19). The molecule has 0 bridgehead atoms. The highest BCUT2D eigenvalue weighted by Crippen LogP contribution is 2.28. The molecule has 1 saturated carbocycles. The number of hydrogen-bond donors (Lipinski definition) is 3. The molecule has 0 aromatic rings. The summed E-state index contributed by atoms with van der Waals surface area (Å²) in [5.41, 5.74) is -1.05. The largest absolute Gasteiger partial charge is 0.480 e. The molecule has 3 N–H and O–H groups in total. The number of aliphatic carboxylic acids is 1. The van der Waals surface area contributed by atoms with Gasteiger partial charge in [-0.25, -0.2) is 9.59 Å². The Hall–Kier alpha value is -0.910. The summed E-state index contributed by atoms with van der Waals surface area (Å²) < 4.78 is 0. The van der Waals surface area contributed by atoms with Crippen LogP contribution in [0.5, 0.6) is 0 Å². The van der Waals surface area contributed by atoms with Gasteiger partial charge in [0.1, 0.15) is 5.54 Å². The van der Waals surface area contributed by atoms with Gasteiger partial charge >= 0.3 is 12.0 Å². The van der Waals surface area contributed by atoms with Crippen molar-refractivity contribution in [3.8, 4) is 0 Å². The van der Waals surface area contributed by atoms with Gasteiger partial charge in [-0.15, -0.1) is 0 Å². The number of urea groups is 1. The highest BCUT2D eigenvalue weighted by Gasteiger charge is 2.40. The van der Waals surface area contributed by atoms with Gasteiger partial charge in [0, 0.05) is 11.8 Å². The summed E-state index contributed by atoms with van der Waals surface area (Å²) in [5, 5.41) is 15.4. The van der Waals surface area contributed by atoms with Gasteiger partial charge in [-0.2, -0.15) is 11.8 Å². The van der Waals surface area contributed by atoms with Crippen molar-refractivity contribution in [3.63, 3.8) is 0 Å². The number of hydrogen-bond acceptors (Lipinski definition) is 3. The van der Waals surface area contributed by atoms with Gasteiger partial charge in [0.15, 0.2) is 0 Å². The van der Waals surface area contributed by atoms with E-state index in [9.17, 15) is 14.7 Å². The molecular formula is C14H24N2O3S. The molecule has 5 nitrogen and oxygen atoms in total. The SMILES string of the molecule is O=C(NCC1CCCCS1)NC1(C(=O)O)CCCCC1. The van der Waals surface area contributed by atoms with Crippen molar-refractivity contribution in [1.82, 2.24) is 10.6 Å². The van der Waals surface area contributed by atoms with Crippen molar-refractivity contribution in [3.05, 3.63) is 0 Å². The molecule has 2 amide bonds. The van der Waals surface area contributed by atoms with Gasteiger partial charge in [0.25, 0.3) is 0 Å². The van der Waals surface area contributed by atoms with E-state index in [-0.39, 0.29) is 6.03 Å². The molecule has 2 rings (SSSR count). The maximum Gasteiger partial charge on any atom is 0.329 e. The monoisotopic (exact) mass is 300 g/mol. The Morgan fingerprint density at radius 2 is 1.90 bits per heavy atom. The summed E-state index contributed by atoms with van der Waals surface area (Å²) in [6.07, 6.45) is 7.47. The fourth-order valence-electron chi connectivity index (χ4n) is 2.98. The van der Waals surface area contributed by atoms with Gasteiger partial charge in [0.2, 0.25) is 0 Å². The quantitative estimate of drug-likeness (QED) is 0.745. The number of thioether (sulfide) groups is 1. The minimum Gasteiger partial charge on any atom is -0.480 e. The number of carbonyl (C=O) groups is 2. The summed E-state index contributed by atoms with van der Waals surface area (Å²) in [6, 6.07) is -0.333. The van der Waals surface area contributed by atoms with Crippen LogP contribution in [0.3, 0.4) is 0 Å². The van der Waals surface area contributed by atoms with E-state index in [2.05, 4.69) is 10.6 Å². The van der Waals surface area contributed by atoms with Crippen LogP contribution in [0.2, 0.25) is 0 Å². The van der Waals surface area contributed by atoms with E-state index in [4.69, 9.17) is 0 Å². The number of rotatable bonds is 4. The smallest absolute Gasteiger partial charge is 0.329 e. The van der Waals surface area contributed by atoms with E-state index in [1.165, 1.54) is 12.8 Å². The molecule has 0 aromatic carbocycles. The maximum atomic E-state index is 12.0. The van der Waals surface area contributed by atoms with Gasteiger partial charge in [0.05, 0.1) is 0 Å². The molecule has 1 heterocycles. The lowest BCUT2D eigenvalue weighted by atomic mass is 9.82. The predicted octanol–water partition coefficient (Wildman–Crippen LogP) is 2.36. The second-order valence-corrected chi connectivity index (χ2v) is 7.18. The Labute approximate surface area is 124 Å². The first-order chi connectivity index (χ1) is 9.62. The van der Waals surface area contributed by atoms with Crippen LogP contribution in [-0.2, 0) is 4.79 Å². The zero-order valence-electron chi connectivity index (χ0n) is 11.8. The predicted molar refractivity (Wildman–Crippen MR) is 80.1 cm³/mol. The second-order valence-electron chi connectivity index (χ2n) is 5.77. The molecule has 1 unspecified atom stereocenters. The summed E-state index contributed by atoms with van der Waals surface area (Å²) in [5.74, 6) is 0.256. The molecule has 1 aliphatic carbocycles. The summed E-state index contributed by atoms with van der Waals surface area (Å²) in [4.78, 5) is 23.4. The number of nitrogens with one attached hydrogen (secondary N) is 2. The fourth-order valence-corrected chi connectivity index (χ4v) is 4.22. The first kappa shape index (κ1) is 15.5. The van der Waals surface area contributed by atoms with Crippen LogP contribution in [0.15, 0.2) is 0 Å². The average molecular weight is 300 g/mol. The molecule has 20 heavy (non-hydrogen) atoms. The topological polar surface area (TPSA) is 78.4 Å². The van der Waals surface area contributed by atoms with Crippen molar-refractivity contribution in [1.29, 1.82) is 0 Å². The van der Waals surface area contributed by atoms with Crippen molar-refractivity contribution in [2.45, 2.75) is 62.2 Å². The minimum absolute atomic E-state index is 0.333. The van der Waals surface area contributed by atoms with Crippen LogP contribution in [-0.4, -0.2) is 40.2 Å². The first-order valence-corrected chi connectivity index (χ1v) is 8.58. The van der Waals surface area contributed by atoms with Crippen LogP contribution < -0.4 is 10.6 Å². The lowest BCUT2D eigenvalue weighted by molar-refractivity contribution is -0.145. The first-order valence-electron chi connectivity index (χ1n) is 7.53. The Morgan fingerprint density at radius 1 is 1.15 bits per heavy atom. The molecule has 6 heteroatoms. The maximum absolute atomic E-state index is 12.0. The zero-order chi connectivity index (χ0) is 14.4. The Balaban J connectivity index is 1.80. The lowest BCUT2D eigenvalue weighted by Crippen LogP contribution is -2.58. The molecule has 1 saturated heterocycles. The summed E-state index contributed by atoms with van der Waals surface area (Å²) >= 11 is 1.90. The molecular weight excluding hydrogens is 276 g/mol. The average Bonchev–Trinajstić information content (AvgIpc) is 2.47. The lowest BCUT2D eigenvalue weighted by Gasteiger charge is -2.34. The van der Waals surface area contributed by atoms with Crippen LogP contribution in [0, 0.1) is 0 Å². The second kappa shape index (κ2) is 7.20. The van der Waals surface area contributed by atoms with Crippen LogP contribution >= 0.6 is 11.8 Å². The Kier molecular flexibility index (Phi) is 5.57. The van der Waals surface area contributed by atoms with E-state index >= 15 is 0 Å². The Bertz CT molecular complexity index is 350. The fraction of sp³-hybridized carbons (Fsp3) is 0.857. The third-order valence-electron chi connectivity index (χ3n) is 4.23. The number of amides is 2. The van der Waals surface area contributed by atoms with E-state index in [1.54, 1.807) is 0 Å². The molecule has 2 fully saturated rings. The van der Waals surface area contributed by atoms with Crippen LogP contribution in [0.4, 0.5) is 4.79 Å². The molecule has 0 spiro atoms. The van der Waals surface area contributed by atoms with E-state index in [1.807, 2.05) is 11.8 Å². The third-order valence-corrected chi connectivity index (χ3v) is 5.63. The molecule has 1 atom stereocenters. The number of carboxylic acids is 1. The number of carbonyl (C=O) groups excluding carboxylic acids is 1. The molecule has 1 aliphatic heterocycles. The molecule has 114 valence electrons. The van der Waals surface area contributed by atoms with Gasteiger partial charge < -0.3 is 15.7 Å². The molecule has 0 radical (unpaired) electrons. The van der Waals surface area contributed by atoms with Crippen molar-refractivity contribution >= 4 is 23.8 Å². The van der Waals surface area contributed by atoms with E-state index < -0.39 is 11.5 Å². The highest BCUT2D eigenvalue weighted by molar-refractivity contribution is 7.99. The van der Waals surface area contributed by atoms with Gasteiger partial charge in [-0.1, -0.05) is 25.7 Å². The van der Waals surface area contributed by atoms with Crippen LogP contribution in [0.1, 0.15) is 51.4 Å². The third kappa shape index (κ3) is 4.04. The van der Waals surface area contributed by atoms with Crippen molar-refractivity contribution in [2.24, 2.45) is 0 Å². The highest BCUT2D eigenvalue weighted by atomic mass is 32.2.